The van der Waals surface area contributed by atoms with Gasteiger partial charge in [-0.25, -0.2) is 0 Å². The maximum atomic E-state index is 12.6. The summed E-state index contributed by atoms with van der Waals surface area (Å²) in [5.41, 5.74) is 1.11. The lowest BCUT2D eigenvalue weighted by molar-refractivity contribution is -0.136. The van der Waals surface area contributed by atoms with Crippen LogP contribution in [-0.2, 0) is 9.59 Å². The van der Waals surface area contributed by atoms with Crippen LogP contribution in [0.15, 0.2) is 24.3 Å². The summed E-state index contributed by atoms with van der Waals surface area (Å²) in [5, 5.41) is 5.31. The maximum absolute atomic E-state index is 12.6. The zero-order valence-corrected chi connectivity index (χ0v) is 17.3. The molecule has 1 aliphatic rings. The van der Waals surface area contributed by atoms with E-state index < -0.39 is 11.8 Å². The van der Waals surface area contributed by atoms with Crippen molar-refractivity contribution < 1.29 is 14.4 Å². The van der Waals surface area contributed by atoms with Crippen molar-refractivity contribution in [3.8, 4) is 0 Å². The van der Waals surface area contributed by atoms with E-state index in [2.05, 4.69) is 24.5 Å². The Balaban J connectivity index is 1.86. The summed E-state index contributed by atoms with van der Waals surface area (Å²) in [6.07, 6.45) is 6.27. The standard InChI is InChI=1S/C22H33N3O3/c1-16(2)8-9-17(3)23-20(26)21(27)24-19-12-10-18(11-13-19)22(28)25-14-6-4-5-7-15-25/h10-13,16-17H,4-9,14-15H2,1-3H3,(H,23,26)(H,24,27). The zero-order chi connectivity index (χ0) is 20.5. The minimum absolute atomic E-state index is 0.0245. The van der Waals surface area contributed by atoms with Crippen molar-refractivity contribution in [2.75, 3.05) is 18.4 Å². The van der Waals surface area contributed by atoms with Gasteiger partial charge in [0.05, 0.1) is 0 Å². The van der Waals surface area contributed by atoms with Crippen LogP contribution in [0.25, 0.3) is 0 Å². The molecule has 1 aliphatic heterocycles. The third-order valence-electron chi connectivity index (χ3n) is 5.04. The SMILES string of the molecule is CC(C)CCC(C)NC(=O)C(=O)Nc1ccc(C(=O)N2CCCCCC2)cc1. The summed E-state index contributed by atoms with van der Waals surface area (Å²) >= 11 is 0. The fraction of sp³-hybridized carbons (Fsp3) is 0.591. The van der Waals surface area contributed by atoms with Gasteiger partial charge in [-0.3, -0.25) is 14.4 Å². The lowest BCUT2D eigenvalue weighted by Crippen LogP contribution is -2.40. The number of carbonyl (C=O) groups is 3. The van der Waals surface area contributed by atoms with Crippen LogP contribution in [0.2, 0.25) is 0 Å². The van der Waals surface area contributed by atoms with Crippen molar-refractivity contribution in [3.63, 3.8) is 0 Å². The Hall–Kier alpha value is -2.37. The predicted molar refractivity (Wildman–Crippen MR) is 111 cm³/mol. The van der Waals surface area contributed by atoms with Crippen molar-refractivity contribution in [2.45, 2.75) is 65.3 Å². The number of carbonyl (C=O) groups excluding carboxylic acids is 3. The van der Waals surface area contributed by atoms with Gasteiger partial charge < -0.3 is 15.5 Å². The Bertz CT molecular complexity index is 662. The number of anilines is 1. The highest BCUT2D eigenvalue weighted by atomic mass is 16.2. The second kappa shape index (κ2) is 10.8. The normalized spacial score (nSPS) is 15.6. The molecule has 1 aromatic rings. The minimum Gasteiger partial charge on any atom is -0.345 e. The van der Waals surface area contributed by atoms with Crippen molar-refractivity contribution in [3.05, 3.63) is 29.8 Å². The fourth-order valence-electron chi connectivity index (χ4n) is 3.29. The van der Waals surface area contributed by atoms with E-state index in [9.17, 15) is 14.4 Å². The highest BCUT2D eigenvalue weighted by Gasteiger charge is 2.19. The molecule has 0 spiro atoms. The largest absolute Gasteiger partial charge is 0.345 e. The highest BCUT2D eigenvalue weighted by Crippen LogP contribution is 2.15. The molecule has 3 amide bonds. The van der Waals surface area contributed by atoms with Crippen LogP contribution < -0.4 is 10.6 Å². The summed E-state index contributed by atoms with van der Waals surface area (Å²) in [7, 11) is 0. The summed E-state index contributed by atoms with van der Waals surface area (Å²) in [6, 6.07) is 6.68. The van der Waals surface area contributed by atoms with Crippen LogP contribution in [0.1, 0.15) is 69.7 Å². The van der Waals surface area contributed by atoms with E-state index in [0.717, 1.165) is 38.8 Å². The molecule has 6 heteroatoms. The molecule has 0 bridgehead atoms. The number of hydrogen-bond donors (Lipinski definition) is 2. The number of likely N-dealkylation sites (tertiary alicyclic amines) is 1. The molecule has 0 radical (unpaired) electrons. The summed E-state index contributed by atoms with van der Waals surface area (Å²) in [6.45, 7) is 7.75. The van der Waals surface area contributed by atoms with Crippen molar-refractivity contribution in [2.24, 2.45) is 5.92 Å². The van der Waals surface area contributed by atoms with E-state index in [1.807, 2.05) is 11.8 Å². The third-order valence-corrected chi connectivity index (χ3v) is 5.04. The summed E-state index contributed by atoms with van der Waals surface area (Å²) < 4.78 is 0. The number of hydrogen-bond acceptors (Lipinski definition) is 3. The molecule has 2 rings (SSSR count). The number of benzene rings is 1. The van der Waals surface area contributed by atoms with Gasteiger partial charge in [0.2, 0.25) is 0 Å². The van der Waals surface area contributed by atoms with Crippen molar-refractivity contribution >= 4 is 23.4 Å². The summed E-state index contributed by atoms with van der Waals surface area (Å²) in [5.74, 6) is -0.746. The molecule has 0 saturated carbocycles. The quantitative estimate of drug-likeness (QED) is 0.732. The number of rotatable bonds is 6. The number of amides is 3. The monoisotopic (exact) mass is 387 g/mol. The van der Waals surface area contributed by atoms with Gasteiger partial charge in [-0.2, -0.15) is 0 Å². The molecule has 0 aromatic heterocycles. The molecule has 6 nitrogen and oxygen atoms in total. The fourth-order valence-corrected chi connectivity index (χ4v) is 3.29. The topological polar surface area (TPSA) is 78.5 Å². The van der Waals surface area contributed by atoms with Crippen LogP contribution >= 0.6 is 0 Å². The van der Waals surface area contributed by atoms with Crippen LogP contribution in [0.5, 0.6) is 0 Å². The van der Waals surface area contributed by atoms with Gasteiger partial charge in [0.25, 0.3) is 5.91 Å². The van der Waals surface area contributed by atoms with Gasteiger partial charge in [-0.15, -0.1) is 0 Å². The van der Waals surface area contributed by atoms with Gasteiger partial charge >= 0.3 is 11.8 Å². The Kier molecular flexibility index (Phi) is 8.48. The average molecular weight is 388 g/mol. The van der Waals surface area contributed by atoms with Gasteiger partial charge in [-0.1, -0.05) is 26.7 Å². The second-order valence-electron chi connectivity index (χ2n) is 8.08. The van der Waals surface area contributed by atoms with Crippen LogP contribution in [0.4, 0.5) is 5.69 Å². The van der Waals surface area contributed by atoms with Gasteiger partial charge in [0.1, 0.15) is 0 Å². The molecule has 1 unspecified atom stereocenters. The first-order chi connectivity index (χ1) is 13.4. The Morgan fingerprint density at radius 2 is 1.50 bits per heavy atom. The third kappa shape index (κ3) is 6.98. The summed E-state index contributed by atoms with van der Waals surface area (Å²) in [4.78, 5) is 38.6. The second-order valence-corrected chi connectivity index (χ2v) is 8.08. The highest BCUT2D eigenvalue weighted by molar-refractivity contribution is 6.39. The first kappa shape index (κ1) is 21.9. The number of nitrogens with one attached hydrogen (secondary N) is 2. The molecule has 1 aromatic carbocycles. The molecule has 1 heterocycles. The lowest BCUT2D eigenvalue weighted by atomic mass is 10.0. The van der Waals surface area contributed by atoms with Crippen LogP contribution in [-0.4, -0.2) is 41.8 Å². The predicted octanol–water partition coefficient (Wildman–Crippen LogP) is 3.58. The first-order valence-electron chi connectivity index (χ1n) is 10.4. The Morgan fingerprint density at radius 3 is 2.07 bits per heavy atom. The molecule has 1 atom stereocenters. The van der Waals surface area contributed by atoms with E-state index in [4.69, 9.17) is 0 Å². The number of nitrogens with zero attached hydrogens (tertiary/aromatic N) is 1. The smallest absolute Gasteiger partial charge is 0.313 e. The van der Waals surface area contributed by atoms with E-state index >= 15 is 0 Å². The molecule has 0 aliphatic carbocycles. The maximum Gasteiger partial charge on any atom is 0.313 e. The molecular weight excluding hydrogens is 354 g/mol. The van der Waals surface area contributed by atoms with Crippen molar-refractivity contribution in [1.82, 2.24) is 10.2 Å². The first-order valence-corrected chi connectivity index (χ1v) is 10.4. The molecule has 28 heavy (non-hydrogen) atoms. The molecule has 1 fully saturated rings. The van der Waals surface area contributed by atoms with Gasteiger partial charge in [0.15, 0.2) is 0 Å². The molecule has 2 N–H and O–H groups in total. The average Bonchev–Trinajstić information content (AvgIpc) is 2.96. The van der Waals surface area contributed by atoms with Crippen molar-refractivity contribution in [1.29, 1.82) is 0 Å². The van der Waals surface area contributed by atoms with Gasteiger partial charge in [0, 0.05) is 30.4 Å². The minimum atomic E-state index is -0.692. The molecule has 154 valence electrons. The van der Waals surface area contributed by atoms with E-state index in [0.29, 0.717) is 17.2 Å². The van der Waals surface area contributed by atoms with E-state index in [-0.39, 0.29) is 11.9 Å². The zero-order valence-electron chi connectivity index (χ0n) is 17.3. The molecular formula is C22H33N3O3. The van der Waals surface area contributed by atoms with E-state index in [1.165, 1.54) is 12.8 Å². The Morgan fingerprint density at radius 1 is 0.893 bits per heavy atom. The van der Waals surface area contributed by atoms with Crippen LogP contribution in [0.3, 0.4) is 0 Å². The lowest BCUT2D eigenvalue weighted by Gasteiger charge is -2.20. The Labute approximate surface area is 168 Å². The van der Waals surface area contributed by atoms with Crippen LogP contribution in [0, 0.1) is 5.92 Å². The molecule has 1 saturated heterocycles. The van der Waals surface area contributed by atoms with Gasteiger partial charge in [-0.05, 0) is 62.8 Å². The van der Waals surface area contributed by atoms with E-state index in [1.54, 1.807) is 24.3 Å².